The Morgan fingerprint density at radius 1 is 1.17 bits per heavy atom. The summed E-state index contributed by atoms with van der Waals surface area (Å²) in [6.45, 7) is 0. The predicted octanol–water partition coefficient (Wildman–Crippen LogP) is 2.45. The molecule has 7 rings (SSSR count). The van der Waals surface area contributed by atoms with Gasteiger partial charge in [-0.15, -0.1) is 0 Å². The summed E-state index contributed by atoms with van der Waals surface area (Å²) in [5.74, 6) is 0.352. The van der Waals surface area contributed by atoms with Gasteiger partial charge in [0.1, 0.15) is 17.6 Å². The molecule has 1 amide bonds. The number of carbonyl (C=O) groups excluding carboxylic acids is 1. The summed E-state index contributed by atoms with van der Waals surface area (Å²) in [4.78, 5) is 33.2. The van der Waals surface area contributed by atoms with E-state index in [0.29, 0.717) is 29.0 Å². The minimum atomic E-state index is -0.415. The summed E-state index contributed by atoms with van der Waals surface area (Å²) in [7, 11) is 1.79. The number of hydrogen-bond acceptors (Lipinski definition) is 8. The number of nitrogens with two attached hydrogens (primary N) is 1. The Labute approximate surface area is 200 Å². The molecule has 4 aromatic rings. The number of fused-ring (bicyclic) bond motifs is 9. The van der Waals surface area contributed by atoms with Crippen molar-refractivity contribution in [1.29, 1.82) is 5.26 Å². The number of aromatic nitrogens is 6. The molecule has 1 fully saturated rings. The highest BCUT2D eigenvalue weighted by Gasteiger charge is 2.46. The van der Waals surface area contributed by atoms with Crippen molar-refractivity contribution in [3.05, 3.63) is 70.8 Å². The minimum absolute atomic E-state index is 0.121. The van der Waals surface area contributed by atoms with Crippen molar-refractivity contribution < 1.29 is 4.79 Å². The molecule has 2 unspecified atom stereocenters. The summed E-state index contributed by atoms with van der Waals surface area (Å²) < 4.78 is 1.75. The van der Waals surface area contributed by atoms with Crippen LogP contribution in [0, 0.1) is 11.3 Å². The van der Waals surface area contributed by atoms with Gasteiger partial charge in [0.2, 0.25) is 0 Å². The van der Waals surface area contributed by atoms with Gasteiger partial charge in [-0.3, -0.25) is 4.79 Å². The van der Waals surface area contributed by atoms with Gasteiger partial charge in [-0.25, -0.2) is 24.5 Å². The molecule has 0 saturated heterocycles. The second-order valence-corrected chi connectivity index (χ2v) is 9.64. The number of amides is 1. The van der Waals surface area contributed by atoms with Gasteiger partial charge in [0, 0.05) is 60.0 Å². The number of pyridine rings is 1. The topological polar surface area (TPSA) is 139 Å². The van der Waals surface area contributed by atoms with Crippen LogP contribution in [0.1, 0.15) is 76.3 Å². The van der Waals surface area contributed by atoms with E-state index in [1.165, 1.54) is 6.20 Å². The zero-order valence-corrected chi connectivity index (χ0v) is 19.0. The lowest BCUT2D eigenvalue weighted by molar-refractivity contribution is 0.0734. The number of carbonyl (C=O) groups is 1. The van der Waals surface area contributed by atoms with E-state index in [1.807, 2.05) is 12.3 Å². The molecular weight excluding hydrogens is 442 g/mol. The molecule has 0 radical (unpaired) electrons. The fraction of sp³-hybridized carbons (Fsp3) is 0.320. The van der Waals surface area contributed by atoms with Crippen LogP contribution >= 0.6 is 0 Å². The number of nitriles is 1. The molecule has 4 aromatic heterocycles. The average Bonchev–Trinajstić information content (AvgIpc) is 3.39. The average molecular weight is 464 g/mol. The maximum atomic E-state index is 13.2. The summed E-state index contributed by atoms with van der Waals surface area (Å²) in [5.41, 5.74) is 11.4. The van der Waals surface area contributed by atoms with E-state index in [-0.39, 0.29) is 23.6 Å². The summed E-state index contributed by atoms with van der Waals surface area (Å²) in [6, 6.07) is 5.56. The van der Waals surface area contributed by atoms with Crippen molar-refractivity contribution >= 4 is 11.6 Å². The molecule has 3 aliphatic rings. The van der Waals surface area contributed by atoms with Crippen LogP contribution in [0.15, 0.2) is 36.9 Å². The van der Waals surface area contributed by atoms with Crippen molar-refractivity contribution in [2.24, 2.45) is 5.73 Å². The third-order valence-electron chi connectivity index (χ3n) is 7.77. The highest BCUT2D eigenvalue weighted by atomic mass is 16.2. The second-order valence-electron chi connectivity index (χ2n) is 9.64. The Morgan fingerprint density at radius 2 is 1.97 bits per heavy atom. The van der Waals surface area contributed by atoms with Crippen molar-refractivity contribution in [3.8, 4) is 17.3 Å². The van der Waals surface area contributed by atoms with E-state index >= 15 is 0 Å². The third-order valence-corrected chi connectivity index (χ3v) is 7.77. The smallest absolute Gasteiger partial charge is 0.254 e. The molecule has 1 saturated carbocycles. The highest BCUT2D eigenvalue weighted by Crippen LogP contribution is 2.51. The van der Waals surface area contributed by atoms with Crippen molar-refractivity contribution in [1.82, 2.24) is 34.4 Å². The monoisotopic (exact) mass is 463 g/mol. The number of rotatable bonds is 2. The zero-order chi connectivity index (χ0) is 23.9. The van der Waals surface area contributed by atoms with Crippen molar-refractivity contribution in [2.75, 3.05) is 7.05 Å². The maximum Gasteiger partial charge on any atom is 0.254 e. The van der Waals surface area contributed by atoms with Gasteiger partial charge in [0.05, 0.1) is 23.0 Å². The van der Waals surface area contributed by atoms with Crippen molar-refractivity contribution in [3.63, 3.8) is 0 Å². The lowest BCUT2D eigenvalue weighted by Gasteiger charge is -2.36. The van der Waals surface area contributed by atoms with Crippen LogP contribution in [0.5, 0.6) is 0 Å². The first-order valence-corrected chi connectivity index (χ1v) is 11.7. The van der Waals surface area contributed by atoms with Gasteiger partial charge in [-0.2, -0.15) is 10.4 Å². The molecule has 0 aromatic carbocycles. The zero-order valence-electron chi connectivity index (χ0n) is 19.0. The van der Waals surface area contributed by atoms with Crippen LogP contribution in [0.25, 0.3) is 16.9 Å². The molecule has 10 heteroatoms. The lowest BCUT2D eigenvalue weighted by atomic mass is 9.77. The van der Waals surface area contributed by atoms with Crippen molar-refractivity contribution in [2.45, 2.75) is 43.2 Å². The fourth-order valence-corrected chi connectivity index (χ4v) is 5.69. The fourth-order valence-electron chi connectivity index (χ4n) is 5.69. The predicted molar refractivity (Wildman–Crippen MR) is 124 cm³/mol. The third kappa shape index (κ3) is 2.67. The van der Waals surface area contributed by atoms with Crippen LogP contribution < -0.4 is 5.73 Å². The molecule has 0 spiro atoms. The van der Waals surface area contributed by atoms with Crippen LogP contribution in [-0.4, -0.2) is 47.4 Å². The minimum Gasteiger partial charge on any atom is -0.333 e. The molecule has 35 heavy (non-hydrogen) atoms. The first kappa shape index (κ1) is 20.2. The van der Waals surface area contributed by atoms with E-state index < -0.39 is 5.54 Å². The molecule has 2 aliphatic carbocycles. The Hall–Kier alpha value is -4.23. The van der Waals surface area contributed by atoms with Crippen LogP contribution in [0.3, 0.4) is 0 Å². The quantitative estimate of drug-likeness (QED) is 0.478. The first-order chi connectivity index (χ1) is 17.0. The van der Waals surface area contributed by atoms with E-state index in [0.717, 1.165) is 41.8 Å². The molecule has 2 atom stereocenters. The van der Waals surface area contributed by atoms with Crippen LogP contribution in [-0.2, 0) is 5.54 Å². The summed E-state index contributed by atoms with van der Waals surface area (Å²) in [5, 5.41) is 14.6. The molecule has 1 aliphatic heterocycles. The largest absolute Gasteiger partial charge is 0.333 e. The Morgan fingerprint density at radius 3 is 2.69 bits per heavy atom. The van der Waals surface area contributed by atoms with Gasteiger partial charge >= 0.3 is 0 Å². The SMILES string of the molecule is CN1C(=O)c2ccnc(C#N)c2C2CC1c1nn3ccc(-c4cnc(C5(N)CCC5)nc4)nc3c12. The molecule has 2 bridgehead atoms. The molecular formula is C25H21N9O. The van der Waals surface area contributed by atoms with Gasteiger partial charge in [0.15, 0.2) is 5.65 Å². The van der Waals surface area contributed by atoms with E-state index in [4.69, 9.17) is 15.8 Å². The molecule has 5 heterocycles. The normalized spacial score (nSPS) is 21.7. The summed E-state index contributed by atoms with van der Waals surface area (Å²) >= 11 is 0. The van der Waals surface area contributed by atoms with Crippen LogP contribution in [0.4, 0.5) is 0 Å². The van der Waals surface area contributed by atoms with Gasteiger partial charge < -0.3 is 10.6 Å². The van der Waals surface area contributed by atoms with E-state index in [1.54, 1.807) is 34.9 Å². The number of hydrogen-bond donors (Lipinski definition) is 1. The Kier molecular flexibility index (Phi) is 3.97. The highest BCUT2D eigenvalue weighted by molar-refractivity contribution is 5.97. The maximum absolute atomic E-state index is 13.2. The Bertz CT molecular complexity index is 1580. The van der Waals surface area contributed by atoms with E-state index in [9.17, 15) is 10.1 Å². The van der Waals surface area contributed by atoms with Crippen LogP contribution in [0.2, 0.25) is 0 Å². The first-order valence-electron chi connectivity index (χ1n) is 11.7. The lowest BCUT2D eigenvalue weighted by Crippen LogP contribution is -2.44. The van der Waals surface area contributed by atoms with Gasteiger partial charge in [-0.1, -0.05) is 0 Å². The van der Waals surface area contributed by atoms with Gasteiger partial charge in [0.25, 0.3) is 5.91 Å². The second kappa shape index (κ2) is 6.90. The van der Waals surface area contributed by atoms with E-state index in [2.05, 4.69) is 21.0 Å². The summed E-state index contributed by atoms with van der Waals surface area (Å²) in [6.07, 6.45) is 10.5. The molecule has 172 valence electrons. The molecule has 10 nitrogen and oxygen atoms in total. The standard InChI is InChI=1S/C25H21N9O/c1-33-18-9-15(19-14(23(33)35)3-7-28-17(19)10-26)20-21(18)32-34-8-4-16(31-22(20)34)13-11-29-24(30-12-13)25(27)5-2-6-25/h3-4,7-8,11-12,15,18H,2,5-6,9,27H2,1H3. The number of nitrogens with zero attached hydrogens (tertiary/aromatic N) is 8. The molecule has 2 N–H and O–H groups in total. The van der Waals surface area contributed by atoms with Gasteiger partial charge in [-0.05, 0) is 37.8 Å². The Balaban J connectivity index is 1.38.